The first-order chi connectivity index (χ1) is 17.2. The zero-order valence-electron chi connectivity index (χ0n) is 20.5. The third-order valence-electron chi connectivity index (χ3n) is 6.94. The van der Waals surface area contributed by atoms with Gasteiger partial charge in [0.05, 0.1) is 6.61 Å². The molecule has 1 heterocycles. The number of hydrogen-bond acceptors (Lipinski definition) is 4. The number of ether oxygens (including phenoxy) is 2. The lowest BCUT2D eigenvalue weighted by Gasteiger charge is -2.24. The zero-order chi connectivity index (χ0) is 24.0. The molecule has 2 aliphatic rings. The van der Waals surface area contributed by atoms with Crippen molar-refractivity contribution in [3.05, 3.63) is 95.1 Å². The van der Waals surface area contributed by atoms with Gasteiger partial charge in [-0.1, -0.05) is 36.4 Å². The normalized spacial score (nSPS) is 15.7. The van der Waals surface area contributed by atoms with E-state index in [1.165, 1.54) is 31.5 Å². The van der Waals surface area contributed by atoms with Crippen LogP contribution < -0.4 is 9.47 Å². The fourth-order valence-electron chi connectivity index (χ4n) is 5.16. The second kappa shape index (κ2) is 10.9. The fraction of sp³-hybridized carbons (Fsp3) is 0.323. The molecule has 0 amide bonds. The molecule has 35 heavy (non-hydrogen) atoms. The number of hydrogen-bond donors (Lipinski definition) is 0. The van der Waals surface area contributed by atoms with Gasteiger partial charge in [-0.3, -0.25) is 9.69 Å². The van der Waals surface area contributed by atoms with Crippen molar-refractivity contribution >= 4 is 16.9 Å². The standard InChI is InChI=1S/C31H33NO3/c1-2-34-27-15-17-29-25(22-27)12-16-28(23-8-4-3-5-9-23)30(29)31(33)24-10-13-26(14-11-24)35-21-20-32-18-6-7-19-32/h3-5,8-11,13-15,17,22H,2,6-7,12,16,18-21H2,1H3. The number of allylic oxidation sites excluding steroid dienone is 2. The van der Waals surface area contributed by atoms with Crippen LogP contribution in [0.3, 0.4) is 0 Å². The molecule has 1 saturated heterocycles. The van der Waals surface area contributed by atoms with E-state index >= 15 is 0 Å². The number of carbonyl (C=O) groups excluding carboxylic acids is 1. The first kappa shape index (κ1) is 23.4. The van der Waals surface area contributed by atoms with Gasteiger partial charge in [-0.2, -0.15) is 0 Å². The minimum atomic E-state index is 0.0533. The molecule has 5 rings (SSSR count). The fourth-order valence-corrected chi connectivity index (χ4v) is 5.16. The molecule has 0 radical (unpaired) electrons. The highest BCUT2D eigenvalue weighted by Gasteiger charge is 2.26. The maximum atomic E-state index is 13.9. The lowest BCUT2D eigenvalue weighted by atomic mass is 9.79. The quantitative estimate of drug-likeness (QED) is 0.346. The van der Waals surface area contributed by atoms with Crippen LogP contribution in [-0.4, -0.2) is 43.5 Å². The summed E-state index contributed by atoms with van der Waals surface area (Å²) in [5, 5.41) is 0. The van der Waals surface area contributed by atoms with Crippen molar-refractivity contribution in [2.75, 3.05) is 32.8 Å². The molecule has 1 fully saturated rings. The predicted octanol–water partition coefficient (Wildman–Crippen LogP) is 6.30. The number of Topliss-reactive ketones (excluding diaryl/α,β-unsaturated/α-hetero) is 1. The summed E-state index contributed by atoms with van der Waals surface area (Å²) in [6.45, 7) is 6.58. The van der Waals surface area contributed by atoms with Crippen molar-refractivity contribution in [1.82, 2.24) is 4.90 Å². The lowest BCUT2D eigenvalue weighted by molar-refractivity contribution is 0.105. The SMILES string of the molecule is CCOc1ccc2c(c1)CCC(c1ccccc1)=C2C(=O)c1ccc(OCCN2CCCC2)cc1. The van der Waals surface area contributed by atoms with Crippen LogP contribution in [0.25, 0.3) is 11.1 Å². The van der Waals surface area contributed by atoms with Crippen LogP contribution in [0.5, 0.6) is 11.5 Å². The Hall–Kier alpha value is -3.37. The minimum absolute atomic E-state index is 0.0533. The highest BCUT2D eigenvalue weighted by Crippen LogP contribution is 2.40. The van der Waals surface area contributed by atoms with Gasteiger partial charge in [0.15, 0.2) is 5.78 Å². The summed E-state index contributed by atoms with van der Waals surface area (Å²) in [5.41, 5.74) is 5.87. The number of likely N-dealkylation sites (tertiary alicyclic amines) is 1. The average molecular weight is 468 g/mol. The van der Waals surface area contributed by atoms with Crippen LogP contribution >= 0.6 is 0 Å². The molecular weight excluding hydrogens is 434 g/mol. The Kier molecular flexibility index (Phi) is 7.29. The van der Waals surface area contributed by atoms with E-state index in [2.05, 4.69) is 23.1 Å². The molecule has 0 spiro atoms. The minimum Gasteiger partial charge on any atom is -0.494 e. The molecule has 4 nitrogen and oxygen atoms in total. The van der Waals surface area contributed by atoms with Gasteiger partial charge in [-0.05, 0) is 104 Å². The summed E-state index contributed by atoms with van der Waals surface area (Å²) in [7, 11) is 0. The van der Waals surface area contributed by atoms with Crippen molar-refractivity contribution < 1.29 is 14.3 Å². The highest BCUT2D eigenvalue weighted by molar-refractivity contribution is 6.35. The van der Waals surface area contributed by atoms with Crippen molar-refractivity contribution in [2.45, 2.75) is 32.6 Å². The van der Waals surface area contributed by atoms with Crippen molar-refractivity contribution in [2.24, 2.45) is 0 Å². The Labute approximate surface area is 208 Å². The second-order valence-electron chi connectivity index (χ2n) is 9.22. The van der Waals surface area contributed by atoms with E-state index in [0.717, 1.165) is 53.2 Å². The smallest absolute Gasteiger partial charge is 0.193 e. The molecule has 3 aromatic rings. The number of carbonyl (C=O) groups is 1. The van der Waals surface area contributed by atoms with Crippen LogP contribution in [0.4, 0.5) is 0 Å². The Balaban J connectivity index is 1.42. The van der Waals surface area contributed by atoms with E-state index in [1.54, 1.807) is 0 Å². The third kappa shape index (κ3) is 5.33. The van der Waals surface area contributed by atoms with E-state index in [0.29, 0.717) is 18.8 Å². The number of fused-ring (bicyclic) bond motifs is 1. The van der Waals surface area contributed by atoms with E-state index in [-0.39, 0.29) is 5.78 Å². The van der Waals surface area contributed by atoms with Gasteiger partial charge >= 0.3 is 0 Å². The molecule has 0 aromatic heterocycles. The maximum Gasteiger partial charge on any atom is 0.193 e. The molecule has 0 saturated carbocycles. The predicted molar refractivity (Wildman–Crippen MR) is 141 cm³/mol. The van der Waals surface area contributed by atoms with Gasteiger partial charge in [0, 0.05) is 17.7 Å². The summed E-state index contributed by atoms with van der Waals surface area (Å²) >= 11 is 0. The molecule has 0 N–H and O–H groups in total. The first-order valence-electron chi connectivity index (χ1n) is 12.8. The number of nitrogens with zero attached hydrogens (tertiary/aromatic N) is 1. The van der Waals surface area contributed by atoms with E-state index < -0.39 is 0 Å². The summed E-state index contributed by atoms with van der Waals surface area (Å²) in [6, 6.07) is 24.0. The monoisotopic (exact) mass is 467 g/mol. The number of rotatable bonds is 9. The van der Waals surface area contributed by atoms with Crippen LogP contribution in [0.1, 0.15) is 53.2 Å². The molecular formula is C31H33NO3. The van der Waals surface area contributed by atoms with Crippen molar-refractivity contribution in [3.63, 3.8) is 0 Å². The molecule has 0 atom stereocenters. The van der Waals surface area contributed by atoms with Crippen LogP contribution in [0, 0.1) is 0 Å². The van der Waals surface area contributed by atoms with E-state index in [4.69, 9.17) is 9.47 Å². The molecule has 180 valence electrons. The molecule has 1 aliphatic heterocycles. The highest BCUT2D eigenvalue weighted by atomic mass is 16.5. The van der Waals surface area contributed by atoms with Crippen LogP contribution in [-0.2, 0) is 6.42 Å². The maximum absolute atomic E-state index is 13.9. The van der Waals surface area contributed by atoms with Crippen molar-refractivity contribution in [1.29, 1.82) is 0 Å². The summed E-state index contributed by atoms with van der Waals surface area (Å²) in [5.74, 6) is 1.72. The van der Waals surface area contributed by atoms with Gasteiger partial charge < -0.3 is 9.47 Å². The first-order valence-corrected chi connectivity index (χ1v) is 12.8. The lowest BCUT2D eigenvalue weighted by Crippen LogP contribution is -2.25. The number of benzene rings is 3. The van der Waals surface area contributed by atoms with E-state index in [9.17, 15) is 4.79 Å². The van der Waals surface area contributed by atoms with Gasteiger partial charge in [-0.15, -0.1) is 0 Å². The summed E-state index contributed by atoms with van der Waals surface area (Å²) < 4.78 is 11.7. The van der Waals surface area contributed by atoms with E-state index in [1.807, 2.05) is 61.5 Å². The summed E-state index contributed by atoms with van der Waals surface area (Å²) in [4.78, 5) is 16.4. The van der Waals surface area contributed by atoms with Gasteiger partial charge in [0.1, 0.15) is 18.1 Å². The number of ketones is 1. The third-order valence-corrected chi connectivity index (χ3v) is 6.94. The van der Waals surface area contributed by atoms with Gasteiger partial charge in [-0.25, -0.2) is 0 Å². The molecule has 3 aromatic carbocycles. The topological polar surface area (TPSA) is 38.8 Å². The molecule has 0 bridgehead atoms. The Bertz CT molecular complexity index is 1190. The van der Waals surface area contributed by atoms with Gasteiger partial charge in [0.25, 0.3) is 0 Å². The van der Waals surface area contributed by atoms with Gasteiger partial charge in [0.2, 0.25) is 0 Å². The second-order valence-corrected chi connectivity index (χ2v) is 9.22. The zero-order valence-corrected chi connectivity index (χ0v) is 20.5. The Morgan fingerprint density at radius 1 is 0.857 bits per heavy atom. The van der Waals surface area contributed by atoms with Crippen LogP contribution in [0.15, 0.2) is 72.8 Å². The molecule has 0 unspecified atom stereocenters. The van der Waals surface area contributed by atoms with Crippen LogP contribution in [0.2, 0.25) is 0 Å². The Morgan fingerprint density at radius 3 is 2.34 bits per heavy atom. The average Bonchev–Trinajstić information content (AvgIpc) is 3.42. The molecule has 1 aliphatic carbocycles. The molecule has 4 heteroatoms. The summed E-state index contributed by atoms with van der Waals surface area (Å²) in [6.07, 6.45) is 4.29. The largest absolute Gasteiger partial charge is 0.494 e. The van der Waals surface area contributed by atoms with Crippen molar-refractivity contribution in [3.8, 4) is 11.5 Å². The Morgan fingerprint density at radius 2 is 1.60 bits per heavy atom. The number of aryl methyl sites for hydroxylation is 1.